The predicted molar refractivity (Wildman–Crippen MR) is 122 cm³/mol. The van der Waals surface area contributed by atoms with Crippen molar-refractivity contribution < 1.29 is 23.8 Å². The Morgan fingerprint density at radius 2 is 2.10 bits per heavy atom. The highest BCUT2D eigenvalue weighted by molar-refractivity contribution is 9.10. The Balaban J connectivity index is 1.92. The number of amides is 1. The molecule has 2 aromatic rings. The highest BCUT2D eigenvalue weighted by Crippen LogP contribution is 2.40. The minimum absolute atomic E-state index is 0.0143. The van der Waals surface area contributed by atoms with Gasteiger partial charge in [-0.2, -0.15) is 0 Å². The van der Waals surface area contributed by atoms with E-state index in [1.807, 2.05) is 0 Å². The first-order valence-electron chi connectivity index (χ1n) is 9.75. The van der Waals surface area contributed by atoms with Crippen molar-refractivity contribution in [1.82, 2.24) is 10.6 Å². The summed E-state index contributed by atoms with van der Waals surface area (Å²) < 4.78 is 26.8. The second-order valence-corrected chi connectivity index (χ2v) is 8.70. The maximum absolute atomic E-state index is 15.0. The van der Waals surface area contributed by atoms with E-state index in [1.54, 1.807) is 49.6 Å². The van der Waals surface area contributed by atoms with Gasteiger partial charge in [-0.1, -0.05) is 34.1 Å². The van der Waals surface area contributed by atoms with Gasteiger partial charge in [-0.3, -0.25) is 10.1 Å². The second-order valence-electron chi connectivity index (χ2n) is 7.37. The summed E-state index contributed by atoms with van der Waals surface area (Å²) in [6.07, 6.45) is 0.165. The molecule has 1 heterocycles. The third-order valence-electron chi connectivity index (χ3n) is 5.37. The van der Waals surface area contributed by atoms with Crippen LogP contribution in [-0.2, 0) is 15.0 Å². The molecule has 0 bridgehead atoms. The van der Waals surface area contributed by atoms with Gasteiger partial charge in [0.1, 0.15) is 5.82 Å². The van der Waals surface area contributed by atoms with Crippen LogP contribution in [0.2, 0.25) is 0 Å². The van der Waals surface area contributed by atoms with E-state index < -0.39 is 23.2 Å². The SMILES string of the molecule is COC[C@H]1C[C@@H](CO)[C@](NC(=S)NC(=O)c2ccccc2)(c2cc(Br)ccc2F)CO1. The number of aliphatic hydroxyl groups excluding tert-OH is 1. The lowest BCUT2D eigenvalue weighted by atomic mass is 9.74. The molecule has 3 N–H and O–H groups in total. The Morgan fingerprint density at radius 3 is 2.77 bits per heavy atom. The van der Waals surface area contributed by atoms with Crippen LogP contribution in [0.3, 0.4) is 0 Å². The number of nitrogens with one attached hydrogen (secondary N) is 2. The highest BCUT2D eigenvalue weighted by atomic mass is 79.9. The van der Waals surface area contributed by atoms with E-state index in [4.69, 9.17) is 21.7 Å². The molecule has 1 aliphatic rings. The van der Waals surface area contributed by atoms with Gasteiger partial charge < -0.3 is 19.9 Å². The largest absolute Gasteiger partial charge is 0.396 e. The third-order valence-corrected chi connectivity index (χ3v) is 6.07. The van der Waals surface area contributed by atoms with Gasteiger partial charge in [0.15, 0.2) is 5.11 Å². The van der Waals surface area contributed by atoms with Crippen LogP contribution in [0.5, 0.6) is 0 Å². The molecule has 166 valence electrons. The normalized spacial score (nSPS) is 23.2. The summed E-state index contributed by atoms with van der Waals surface area (Å²) in [6, 6.07) is 13.2. The smallest absolute Gasteiger partial charge is 0.257 e. The number of thiocarbonyl (C=S) groups is 1. The molecule has 1 saturated heterocycles. The van der Waals surface area contributed by atoms with E-state index >= 15 is 0 Å². The monoisotopic (exact) mass is 510 g/mol. The van der Waals surface area contributed by atoms with E-state index in [2.05, 4.69) is 26.6 Å². The third kappa shape index (κ3) is 5.48. The zero-order chi connectivity index (χ0) is 22.4. The molecule has 2 aromatic carbocycles. The fourth-order valence-electron chi connectivity index (χ4n) is 3.83. The predicted octanol–water partition coefficient (Wildman–Crippen LogP) is 3.13. The van der Waals surface area contributed by atoms with Crippen molar-refractivity contribution in [2.45, 2.75) is 18.1 Å². The number of ether oxygens (including phenoxy) is 2. The molecule has 0 spiro atoms. The Bertz CT molecular complexity index is 933. The van der Waals surface area contributed by atoms with Crippen molar-refractivity contribution in [2.24, 2.45) is 5.92 Å². The highest BCUT2D eigenvalue weighted by Gasteiger charge is 2.47. The number of halogens is 2. The molecule has 0 aliphatic carbocycles. The van der Waals surface area contributed by atoms with Crippen LogP contribution >= 0.6 is 28.1 Å². The van der Waals surface area contributed by atoms with E-state index in [0.29, 0.717) is 23.1 Å². The fraction of sp³-hybridized carbons (Fsp3) is 0.364. The van der Waals surface area contributed by atoms with Crippen LogP contribution in [0.15, 0.2) is 53.0 Å². The summed E-state index contributed by atoms with van der Waals surface area (Å²) in [5.41, 5.74) is -0.463. The topological polar surface area (TPSA) is 79.8 Å². The van der Waals surface area contributed by atoms with Crippen LogP contribution in [0.1, 0.15) is 22.3 Å². The molecule has 1 fully saturated rings. The molecule has 0 saturated carbocycles. The summed E-state index contributed by atoms with van der Waals surface area (Å²) in [5.74, 6) is -1.31. The second kappa shape index (κ2) is 10.6. The van der Waals surface area contributed by atoms with Crippen molar-refractivity contribution in [1.29, 1.82) is 0 Å². The number of methoxy groups -OCH3 is 1. The molecule has 1 aliphatic heterocycles. The number of hydrogen-bond acceptors (Lipinski definition) is 5. The summed E-state index contributed by atoms with van der Waals surface area (Å²) in [6.45, 7) is 0.140. The zero-order valence-electron chi connectivity index (χ0n) is 16.9. The molecule has 9 heteroatoms. The van der Waals surface area contributed by atoms with Crippen molar-refractivity contribution >= 4 is 39.2 Å². The van der Waals surface area contributed by atoms with Crippen molar-refractivity contribution in [2.75, 3.05) is 26.9 Å². The van der Waals surface area contributed by atoms with Crippen LogP contribution in [0.25, 0.3) is 0 Å². The molecule has 6 nitrogen and oxygen atoms in total. The summed E-state index contributed by atoms with van der Waals surface area (Å²) in [4.78, 5) is 12.5. The zero-order valence-corrected chi connectivity index (χ0v) is 19.3. The first-order valence-corrected chi connectivity index (χ1v) is 10.9. The lowest BCUT2D eigenvalue weighted by molar-refractivity contribution is -0.105. The van der Waals surface area contributed by atoms with E-state index in [1.165, 1.54) is 6.07 Å². The number of benzene rings is 2. The van der Waals surface area contributed by atoms with Crippen molar-refractivity contribution in [3.63, 3.8) is 0 Å². The van der Waals surface area contributed by atoms with Gasteiger partial charge in [0.2, 0.25) is 0 Å². The van der Waals surface area contributed by atoms with Crippen molar-refractivity contribution in [3.05, 3.63) is 69.9 Å². The van der Waals surface area contributed by atoms with Gasteiger partial charge in [-0.05, 0) is 49.0 Å². The van der Waals surface area contributed by atoms with E-state index in [-0.39, 0.29) is 30.0 Å². The average Bonchev–Trinajstić information content (AvgIpc) is 2.77. The van der Waals surface area contributed by atoms with Gasteiger partial charge in [-0.15, -0.1) is 0 Å². The van der Waals surface area contributed by atoms with Gasteiger partial charge >= 0.3 is 0 Å². The standard InChI is InChI=1S/C22H24BrFN2O4S/c1-29-12-17-9-15(11-27)22(13-30-17,18-10-16(23)7-8-19(18)24)26-21(31)25-20(28)14-5-3-2-4-6-14/h2-8,10,15,17,27H,9,11-13H2,1H3,(H2,25,26,28,31)/t15-,17+,22-/m0/s1. The first kappa shape index (κ1) is 23.7. The maximum Gasteiger partial charge on any atom is 0.257 e. The molecule has 0 unspecified atom stereocenters. The first-order chi connectivity index (χ1) is 14.9. The lowest BCUT2D eigenvalue weighted by Gasteiger charge is -2.47. The summed E-state index contributed by atoms with van der Waals surface area (Å²) >= 11 is 8.78. The molecule has 0 aromatic heterocycles. The Morgan fingerprint density at radius 1 is 1.35 bits per heavy atom. The molecule has 1 amide bonds. The van der Waals surface area contributed by atoms with Crippen LogP contribution in [-0.4, -0.2) is 49.2 Å². The fourth-order valence-corrected chi connectivity index (χ4v) is 4.46. The summed E-state index contributed by atoms with van der Waals surface area (Å²) in [7, 11) is 1.57. The Labute approximate surface area is 194 Å². The minimum Gasteiger partial charge on any atom is -0.396 e. The quantitative estimate of drug-likeness (QED) is 0.518. The minimum atomic E-state index is -1.19. The number of rotatable bonds is 6. The Hall–Kier alpha value is -1.91. The van der Waals surface area contributed by atoms with Gasteiger partial charge in [-0.25, -0.2) is 4.39 Å². The van der Waals surface area contributed by atoms with E-state index in [9.17, 15) is 14.3 Å². The number of carbonyl (C=O) groups is 1. The van der Waals surface area contributed by atoms with E-state index in [0.717, 1.165) is 0 Å². The molecular formula is C22H24BrFN2O4S. The Kier molecular flexibility index (Phi) is 8.12. The maximum atomic E-state index is 15.0. The lowest BCUT2D eigenvalue weighted by Crippen LogP contribution is -2.62. The summed E-state index contributed by atoms with van der Waals surface area (Å²) in [5, 5.41) is 16.0. The molecule has 0 radical (unpaired) electrons. The van der Waals surface area contributed by atoms with Crippen LogP contribution in [0.4, 0.5) is 4.39 Å². The van der Waals surface area contributed by atoms with Crippen molar-refractivity contribution in [3.8, 4) is 0 Å². The number of carbonyl (C=O) groups excluding carboxylic acids is 1. The van der Waals surface area contributed by atoms with Crippen LogP contribution in [0, 0.1) is 11.7 Å². The molecule has 3 atom stereocenters. The van der Waals surface area contributed by atoms with Gasteiger partial charge in [0, 0.05) is 35.2 Å². The number of hydrogen-bond donors (Lipinski definition) is 3. The molecular weight excluding hydrogens is 487 g/mol. The van der Waals surface area contributed by atoms with Gasteiger partial charge in [0.25, 0.3) is 5.91 Å². The molecule has 3 rings (SSSR count). The van der Waals surface area contributed by atoms with Gasteiger partial charge in [0.05, 0.1) is 24.9 Å². The molecule has 31 heavy (non-hydrogen) atoms. The average molecular weight is 511 g/mol. The number of aliphatic hydroxyl groups is 1. The van der Waals surface area contributed by atoms with Crippen LogP contribution < -0.4 is 10.6 Å².